The summed E-state index contributed by atoms with van der Waals surface area (Å²) in [7, 11) is 0. The number of imidazole rings is 1. The summed E-state index contributed by atoms with van der Waals surface area (Å²) in [6.07, 6.45) is 3.93. The lowest BCUT2D eigenvalue weighted by atomic mass is 10.2. The van der Waals surface area contributed by atoms with Crippen molar-refractivity contribution in [3.05, 3.63) is 53.8 Å². The maximum absolute atomic E-state index is 6.02. The van der Waals surface area contributed by atoms with Crippen LogP contribution in [-0.2, 0) is 0 Å². The molecule has 0 atom stereocenters. The van der Waals surface area contributed by atoms with Crippen LogP contribution in [-0.4, -0.2) is 16.0 Å². The summed E-state index contributed by atoms with van der Waals surface area (Å²) in [5, 5.41) is 0.708. The molecule has 0 aliphatic rings. The maximum atomic E-state index is 6.02. The van der Waals surface area contributed by atoms with Crippen molar-refractivity contribution in [2.75, 3.05) is 6.61 Å². The van der Waals surface area contributed by atoms with E-state index < -0.39 is 0 Å². The topological polar surface area (TPSA) is 26.5 Å². The van der Waals surface area contributed by atoms with Gasteiger partial charge in [-0.05, 0) is 31.2 Å². The number of benzene rings is 1. The Hall–Kier alpha value is -2.00. The lowest BCUT2D eigenvalue weighted by Gasteiger charge is -2.03. The lowest BCUT2D eigenvalue weighted by Crippen LogP contribution is -1.94. The number of aromatic nitrogens is 2. The first-order valence-corrected chi connectivity index (χ1v) is 6.52. The van der Waals surface area contributed by atoms with Crippen molar-refractivity contribution in [2.45, 2.75) is 6.92 Å². The van der Waals surface area contributed by atoms with Gasteiger partial charge in [-0.1, -0.05) is 23.7 Å². The molecule has 3 nitrogen and oxygen atoms in total. The zero-order chi connectivity index (χ0) is 13.2. The van der Waals surface area contributed by atoms with Gasteiger partial charge in [0, 0.05) is 23.0 Å². The summed E-state index contributed by atoms with van der Waals surface area (Å²) in [5.74, 6) is 0.790. The van der Waals surface area contributed by atoms with Gasteiger partial charge in [0.05, 0.1) is 12.3 Å². The Balaban J connectivity index is 2.14. The van der Waals surface area contributed by atoms with Gasteiger partial charge in [-0.2, -0.15) is 0 Å². The van der Waals surface area contributed by atoms with Gasteiger partial charge >= 0.3 is 0 Å². The molecule has 2 aromatic heterocycles. The minimum atomic E-state index is 0.624. The molecule has 0 aliphatic carbocycles. The van der Waals surface area contributed by atoms with Crippen LogP contribution in [0.4, 0.5) is 0 Å². The van der Waals surface area contributed by atoms with Gasteiger partial charge < -0.3 is 9.14 Å². The largest absolute Gasteiger partial charge is 0.490 e. The molecule has 3 aromatic rings. The maximum Gasteiger partial charge on any atom is 0.180 e. The minimum absolute atomic E-state index is 0.624. The van der Waals surface area contributed by atoms with Crippen LogP contribution < -0.4 is 4.74 Å². The molecule has 2 heterocycles. The fraction of sp³-hybridized carbons (Fsp3) is 0.133. The van der Waals surface area contributed by atoms with Gasteiger partial charge in [0.15, 0.2) is 11.4 Å². The summed E-state index contributed by atoms with van der Waals surface area (Å²) in [6, 6.07) is 11.5. The Morgan fingerprint density at radius 2 is 2.16 bits per heavy atom. The van der Waals surface area contributed by atoms with Crippen LogP contribution in [0.1, 0.15) is 6.92 Å². The molecule has 3 rings (SSSR count). The first-order chi connectivity index (χ1) is 9.28. The Morgan fingerprint density at radius 3 is 2.95 bits per heavy atom. The van der Waals surface area contributed by atoms with E-state index in [1.807, 2.05) is 60.1 Å². The third kappa shape index (κ3) is 2.29. The number of ether oxygens (including phenoxy) is 1. The fourth-order valence-electron chi connectivity index (χ4n) is 2.04. The van der Waals surface area contributed by atoms with Gasteiger partial charge in [0.1, 0.15) is 0 Å². The van der Waals surface area contributed by atoms with Gasteiger partial charge in [-0.15, -0.1) is 0 Å². The number of pyridine rings is 1. The SMILES string of the molecule is CCOc1cccn2cc(-c3cccc(Cl)c3)nc12. The van der Waals surface area contributed by atoms with Crippen LogP contribution in [0.3, 0.4) is 0 Å². The molecule has 0 aliphatic heterocycles. The molecule has 19 heavy (non-hydrogen) atoms. The number of hydrogen-bond donors (Lipinski definition) is 0. The van der Waals surface area contributed by atoms with E-state index in [-0.39, 0.29) is 0 Å². The molecule has 0 amide bonds. The van der Waals surface area contributed by atoms with Crippen LogP contribution >= 0.6 is 11.6 Å². The molecule has 4 heteroatoms. The molecule has 1 aromatic carbocycles. The monoisotopic (exact) mass is 272 g/mol. The summed E-state index contributed by atoms with van der Waals surface area (Å²) in [4.78, 5) is 4.62. The Bertz CT molecular complexity index is 721. The van der Waals surface area contributed by atoms with E-state index in [1.54, 1.807) is 0 Å². The summed E-state index contributed by atoms with van der Waals surface area (Å²) in [6.45, 7) is 2.59. The van der Waals surface area contributed by atoms with Gasteiger partial charge in [0.2, 0.25) is 0 Å². The van der Waals surface area contributed by atoms with Crippen molar-refractivity contribution in [3.63, 3.8) is 0 Å². The van der Waals surface area contributed by atoms with Crippen molar-refractivity contribution in [3.8, 4) is 17.0 Å². The highest BCUT2D eigenvalue weighted by Gasteiger charge is 2.08. The third-order valence-corrected chi connectivity index (χ3v) is 3.10. The Kier molecular flexibility index (Phi) is 3.13. The quantitative estimate of drug-likeness (QED) is 0.719. The molecule has 0 N–H and O–H groups in total. The normalized spacial score (nSPS) is 10.8. The van der Waals surface area contributed by atoms with Crippen molar-refractivity contribution < 1.29 is 4.74 Å². The molecular formula is C15H13ClN2O. The molecule has 0 bridgehead atoms. The van der Waals surface area contributed by atoms with Crippen LogP contribution in [0.15, 0.2) is 48.8 Å². The van der Waals surface area contributed by atoms with Gasteiger partial charge in [-0.25, -0.2) is 4.98 Å². The molecule has 0 unspecified atom stereocenters. The second-order valence-electron chi connectivity index (χ2n) is 4.17. The van der Waals surface area contributed by atoms with Crippen LogP contribution in [0.25, 0.3) is 16.9 Å². The summed E-state index contributed by atoms with van der Waals surface area (Å²) in [5.41, 5.74) is 2.70. The first kappa shape index (κ1) is 12.1. The van der Waals surface area contributed by atoms with E-state index in [4.69, 9.17) is 16.3 Å². The Labute approximate surface area is 116 Å². The van der Waals surface area contributed by atoms with Gasteiger partial charge in [0.25, 0.3) is 0 Å². The van der Waals surface area contributed by atoms with Crippen LogP contribution in [0.2, 0.25) is 5.02 Å². The number of halogens is 1. The zero-order valence-corrected chi connectivity index (χ0v) is 11.3. The number of fused-ring (bicyclic) bond motifs is 1. The van der Waals surface area contributed by atoms with E-state index in [2.05, 4.69) is 4.98 Å². The molecular weight excluding hydrogens is 260 g/mol. The van der Waals surface area contributed by atoms with Crippen molar-refractivity contribution >= 4 is 17.2 Å². The fourth-order valence-corrected chi connectivity index (χ4v) is 2.23. The zero-order valence-electron chi connectivity index (χ0n) is 10.5. The van der Waals surface area contributed by atoms with E-state index in [0.29, 0.717) is 11.6 Å². The molecule has 0 saturated carbocycles. The summed E-state index contributed by atoms with van der Waals surface area (Å²) >= 11 is 6.02. The number of rotatable bonds is 3. The number of hydrogen-bond acceptors (Lipinski definition) is 2. The standard InChI is InChI=1S/C15H13ClN2O/c1-2-19-14-7-4-8-18-10-13(17-15(14)18)11-5-3-6-12(16)9-11/h3-10H,2H2,1H3. The number of nitrogens with zero attached hydrogens (tertiary/aromatic N) is 2. The first-order valence-electron chi connectivity index (χ1n) is 6.14. The average Bonchev–Trinajstić information content (AvgIpc) is 2.84. The highest BCUT2D eigenvalue weighted by Crippen LogP contribution is 2.25. The van der Waals surface area contributed by atoms with E-state index in [9.17, 15) is 0 Å². The second kappa shape index (κ2) is 4.94. The highest BCUT2D eigenvalue weighted by molar-refractivity contribution is 6.30. The van der Waals surface area contributed by atoms with Crippen molar-refractivity contribution in [1.82, 2.24) is 9.38 Å². The van der Waals surface area contributed by atoms with Crippen LogP contribution in [0.5, 0.6) is 5.75 Å². The predicted octanol–water partition coefficient (Wildman–Crippen LogP) is 4.05. The highest BCUT2D eigenvalue weighted by atomic mass is 35.5. The minimum Gasteiger partial charge on any atom is -0.490 e. The van der Waals surface area contributed by atoms with Crippen molar-refractivity contribution in [1.29, 1.82) is 0 Å². The van der Waals surface area contributed by atoms with E-state index in [1.165, 1.54) is 0 Å². The van der Waals surface area contributed by atoms with Crippen molar-refractivity contribution in [2.24, 2.45) is 0 Å². The summed E-state index contributed by atoms with van der Waals surface area (Å²) < 4.78 is 7.54. The molecule has 0 fully saturated rings. The molecule has 0 saturated heterocycles. The molecule has 0 spiro atoms. The van der Waals surface area contributed by atoms with Crippen LogP contribution in [0, 0.1) is 0 Å². The predicted molar refractivity (Wildman–Crippen MR) is 76.8 cm³/mol. The Morgan fingerprint density at radius 1 is 1.26 bits per heavy atom. The molecule has 0 radical (unpaired) electrons. The average molecular weight is 273 g/mol. The smallest absolute Gasteiger partial charge is 0.180 e. The lowest BCUT2D eigenvalue weighted by molar-refractivity contribution is 0.342. The third-order valence-electron chi connectivity index (χ3n) is 2.87. The molecule has 96 valence electrons. The second-order valence-corrected chi connectivity index (χ2v) is 4.61. The van der Waals surface area contributed by atoms with Gasteiger partial charge in [-0.3, -0.25) is 0 Å². The van der Waals surface area contributed by atoms with E-state index >= 15 is 0 Å². The van der Waals surface area contributed by atoms with E-state index in [0.717, 1.165) is 22.7 Å².